The number of ketones is 1. The van der Waals surface area contributed by atoms with Crippen molar-refractivity contribution in [3.8, 4) is 33.6 Å². The molecule has 257 valence electrons. The van der Waals surface area contributed by atoms with E-state index >= 15 is 0 Å². The zero-order valence-electron chi connectivity index (χ0n) is 29.7. The number of hydrogen-bond donors (Lipinski definition) is 1. The maximum absolute atomic E-state index is 11.7. The van der Waals surface area contributed by atoms with Crippen molar-refractivity contribution in [1.82, 2.24) is 9.97 Å². The van der Waals surface area contributed by atoms with Crippen LogP contribution in [0.3, 0.4) is 0 Å². The van der Waals surface area contributed by atoms with Crippen molar-refractivity contribution in [3.63, 3.8) is 0 Å². The van der Waals surface area contributed by atoms with Crippen molar-refractivity contribution < 1.29 is 30.0 Å². The molecule has 1 N–H and O–H groups in total. The van der Waals surface area contributed by atoms with Gasteiger partial charge in [-0.25, -0.2) is 0 Å². The van der Waals surface area contributed by atoms with Gasteiger partial charge in [-0.15, -0.1) is 29.1 Å². The number of aryl methyl sites for hydroxylation is 2. The van der Waals surface area contributed by atoms with Gasteiger partial charge in [-0.2, -0.15) is 0 Å². The molecule has 0 saturated heterocycles. The Morgan fingerprint density at radius 1 is 0.796 bits per heavy atom. The van der Waals surface area contributed by atoms with Crippen LogP contribution in [0.2, 0.25) is 0 Å². The molecule has 0 amide bonds. The summed E-state index contributed by atoms with van der Waals surface area (Å²) in [6.07, 6.45) is 10.9. The molecule has 0 atom stereocenters. The molecule has 0 unspecified atom stereocenters. The number of allylic oxidation sites excluding steroid dienone is 2. The van der Waals surface area contributed by atoms with Crippen LogP contribution in [0.25, 0.3) is 44.4 Å². The number of aliphatic hydroxyl groups is 1. The molecule has 1 aliphatic rings. The molecular formula is C44H49IrN2O2-. The second kappa shape index (κ2) is 17.6. The van der Waals surface area contributed by atoms with Crippen molar-refractivity contribution in [1.29, 1.82) is 0 Å². The molecule has 0 aliphatic heterocycles. The smallest absolute Gasteiger partial charge is 0.162 e. The first-order chi connectivity index (χ1) is 23.3. The Kier molecular flexibility index (Phi) is 13.6. The fourth-order valence-electron chi connectivity index (χ4n) is 6.71. The average molecular weight is 830 g/mol. The maximum Gasteiger partial charge on any atom is 0.162 e. The van der Waals surface area contributed by atoms with Crippen molar-refractivity contribution in [2.45, 2.75) is 86.0 Å². The largest absolute Gasteiger partial charge is 0.512 e. The van der Waals surface area contributed by atoms with Crippen LogP contribution in [-0.4, -0.2) is 20.9 Å². The Labute approximate surface area is 306 Å². The van der Waals surface area contributed by atoms with Crippen molar-refractivity contribution in [3.05, 3.63) is 120 Å². The zero-order chi connectivity index (χ0) is 34.2. The van der Waals surface area contributed by atoms with Gasteiger partial charge in [-0.1, -0.05) is 107 Å². The van der Waals surface area contributed by atoms with E-state index in [0.29, 0.717) is 5.92 Å². The van der Waals surface area contributed by atoms with Gasteiger partial charge in [0.15, 0.2) is 5.78 Å². The first-order valence-electron chi connectivity index (χ1n) is 17.7. The third kappa shape index (κ3) is 8.82. The van der Waals surface area contributed by atoms with Gasteiger partial charge in [0.05, 0.1) is 11.5 Å². The topological polar surface area (TPSA) is 63.1 Å². The summed E-state index contributed by atoms with van der Waals surface area (Å²) in [6, 6.07) is 29.4. The number of aliphatic hydroxyl groups excluding tert-OH is 1. The van der Waals surface area contributed by atoms with Gasteiger partial charge in [-0.3, -0.25) is 14.8 Å². The number of carbonyl (C=O) groups excluding carboxylic acids is 1. The molecule has 49 heavy (non-hydrogen) atoms. The minimum atomic E-state index is 0. The van der Waals surface area contributed by atoms with E-state index in [1.165, 1.54) is 44.8 Å². The van der Waals surface area contributed by atoms with Crippen LogP contribution in [0.1, 0.15) is 89.8 Å². The quantitative estimate of drug-likeness (QED) is 0.0865. The van der Waals surface area contributed by atoms with Crippen LogP contribution < -0.4 is 0 Å². The molecule has 3 aromatic carbocycles. The van der Waals surface area contributed by atoms with Crippen LogP contribution in [0.4, 0.5) is 0 Å². The molecule has 6 rings (SSSR count). The Hall–Kier alpha value is -3.92. The first kappa shape index (κ1) is 37.9. The SMILES string of the molecule is CC(C)c1cc(-c2cc3c(cn2)CCc2cc(-c4ccccc4)cnc2-3)[c-]c2ccccc12.CCC(CC)C(=O)/C=C(\O)C(CC)CC.[Ir]. The minimum absolute atomic E-state index is 0. The van der Waals surface area contributed by atoms with Crippen molar-refractivity contribution in [2.75, 3.05) is 0 Å². The van der Waals surface area contributed by atoms with Crippen LogP contribution >= 0.6 is 0 Å². The van der Waals surface area contributed by atoms with Crippen LogP contribution in [0, 0.1) is 17.9 Å². The molecule has 2 aromatic heterocycles. The summed E-state index contributed by atoms with van der Waals surface area (Å²) in [5, 5.41) is 12.2. The molecule has 1 radical (unpaired) electrons. The van der Waals surface area contributed by atoms with E-state index in [-0.39, 0.29) is 43.5 Å². The van der Waals surface area contributed by atoms with Gasteiger partial charge >= 0.3 is 0 Å². The van der Waals surface area contributed by atoms with Crippen LogP contribution in [0.15, 0.2) is 97.0 Å². The summed E-state index contributed by atoms with van der Waals surface area (Å²) < 4.78 is 0. The molecule has 0 saturated carbocycles. The standard InChI is InChI=1S/C31H25N2.C13H24O2.Ir/c1-20(2)28-16-25(14-22-10-6-7-11-27(22)28)30-17-29-24(18-32-30)13-12-23-15-26(19-33-31(23)29)21-8-4-3-5-9-21;1-5-10(6-2)12(14)9-13(15)11(7-3)8-4;/h3-11,15-20H,12-13H2,1-2H3;9-11,14H,5-8H2,1-4H3;/q-1;;/b;12-9-;. The molecule has 1 aliphatic carbocycles. The number of benzene rings is 3. The fourth-order valence-corrected chi connectivity index (χ4v) is 6.71. The Balaban J connectivity index is 0.000000290. The van der Waals surface area contributed by atoms with Gasteiger partial charge in [-0.05, 0) is 72.8 Å². The molecule has 0 bridgehead atoms. The number of rotatable bonds is 10. The van der Waals surface area contributed by atoms with E-state index in [9.17, 15) is 9.90 Å². The van der Waals surface area contributed by atoms with E-state index in [1.54, 1.807) is 0 Å². The van der Waals surface area contributed by atoms with Gasteiger partial charge in [0.2, 0.25) is 0 Å². The molecule has 0 fully saturated rings. The van der Waals surface area contributed by atoms with E-state index < -0.39 is 0 Å². The first-order valence-corrected chi connectivity index (χ1v) is 17.7. The molecule has 2 heterocycles. The summed E-state index contributed by atoms with van der Waals surface area (Å²) in [5.41, 5.74) is 10.6. The third-order valence-corrected chi connectivity index (χ3v) is 9.77. The number of aromatic nitrogens is 2. The minimum Gasteiger partial charge on any atom is -0.512 e. The summed E-state index contributed by atoms with van der Waals surface area (Å²) >= 11 is 0. The van der Waals surface area contributed by atoms with Crippen LogP contribution in [0.5, 0.6) is 0 Å². The number of pyridine rings is 2. The molecule has 0 spiro atoms. The Morgan fingerprint density at radius 3 is 2.12 bits per heavy atom. The zero-order valence-corrected chi connectivity index (χ0v) is 32.1. The molecule has 4 nitrogen and oxygen atoms in total. The Bertz CT molecular complexity index is 1890. The second-order valence-corrected chi connectivity index (χ2v) is 13.2. The second-order valence-electron chi connectivity index (χ2n) is 13.2. The average Bonchev–Trinajstić information content (AvgIpc) is 3.12. The van der Waals surface area contributed by atoms with Gasteiger partial charge in [0.25, 0.3) is 0 Å². The third-order valence-electron chi connectivity index (χ3n) is 9.77. The Morgan fingerprint density at radius 2 is 1.45 bits per heavy atom. The van der Waals surface area contributed by atoms with E-state index in [4.69, 9.17) is 9.97 Å². The fraction of sp³-hybridized carbons (Fsp3) is 0.341. The summed E-state index contributed by atoms with van der Waals surface area (Å²) in [6.45, 7) is 12.6. The monoisotopic (exact) mass is 830 g/mol. The van der Waals surface area contributed by atoms with E-state index in [0.717, 1.165) is 60.9 Å². The summed E-state index contributed by atoms with van der Waals surface area (Å²) in [7, 11) is 0. The maximum atomic E-state index is 11.7. The normalized spacial score (nSPS) is 12.3. The van der Waals surface area contributed by atoms with Gasteiger partial charge in [0.1, 0.15) is 0 Å². The van der Waals surface area contributed by atoms with E-state index in [1.807, 2.05) is 40.1 Å². The molecular weight excluding hydrogens is 781 g/mol. The number of hydrogen-bond acceptors (Lipinski definition) is 4. The van der Waals surface area contributed by atoms with Crippen LogP contribution in [-0.2, 0) is 37.7 Å². The molecule has 5 aromatic rings. The summed E-state index contributed by atoms with van der Waals surface area (Å²) in [5.74, 6) is 0.978. The number of carbonyl (C=O) groups is 1. The number of nitrogens with zero attached hydrogens (tertiary/aromatic N) is 2. The molecule has 5 heteroatoms. The predicted molar refractivity (Wildman–Crippen MR) is 200 cm³/mol. The van der Waals surface area contributed by atoms with Gasteiger partial charge in [0, 0.05) is 61.7 Å². The van der Waals surface area contributed by atoms with Crippen molar-refractivity contribution in [2.24, 2.45) is 11.8 Å². The van der Waals surface area contributed by atoms with Crippen molar-refractivity contribution >= 4 is 16.6 Å². The number of fused-ring (bicyclic) bond motifs is 4. The summed E-state index contributed by atoms with van der Waals surface area (Å²) in [4.78, 5) is 21.5. The predicted octanol–water partition coefficient (Wildman–Crippen LogP) is 11.5. The van der Waals surface area contributed by atoms with E-state index in [2.05, 4.69) is 92.7 Å². The van der Waals surface area contributed by atoms with Gasteiger partial charge < -0.3 is 5.11 Å².